The Hall–Kier alpha value is -5.81. The summed E-state index contributed by atoms with van der Waals surface area (Å²) in [4.78, 5) is 22.4. The third kappa shape index (κ3) is 7.89. The van der Waals surface area contributed by atoms with Gasteiger partial charge in [-0.05, 0) is 35.7 Å². The quantitative estimate of drug-likeness (QED) is 0.106. The summed E-state index contributed by atoms with van der Waals surface area (Å²) in [5, 5.41) is 67.5. The van der Waals surface area contributed by atoms with Gasteiger partial charge in [0.1, 0.15) is 5.69 Å². The predicted molar refractivity (Wildman–Crippen MR) is 166 cm³/mol. The van der Waals surface area contributed by atoms with Crippen LogP contribution in [-0.4, -0.2) is 9.61 Å². The molecule has 6 rings (SSSR count). The van der Waals surface area contributed by atoms with Crippen LogP contribution in [0.4, 0.5) is 28.4 Å². The molecular formula is C32H21ClCrN7O6. The van der Waals surface area contributed by atoms with Crippen LogP contribution in [0.15, 0.2) is 128 Å². The van der Waals surface area contributed by atoms with Gasteiger partial charge in [-0.15, -0.1) is 10.8 Å². The van der Waals surface area contributed by atoms with Gasteiger partial charge in [-0.2, -0.15) is 15.3 Å². The number of nitro benzene ring substituents is 1. The van der Waals surface area contributed by atoms with Gasteiger partial charge >= 0.3 is 18.8 Å². The van der Waals surface area contributed by atoms with E-state index >= 15 is 0 Å². The van der Waals surface area contributed by atoms with E-state index in [1.54, 1.807) is 43.3 Å². The molecule has 47 heavy (non-hydrogen) atoms. The molecule has 13 nitrogen and oxygen atoms in total. The zero-order valence-electron chi connectivity index (χ0n) is 25.2. The van der Waals surface area contributed by atoms with Crippen LogP contribution in [-0.2, 0) is 17.4 Å². The summed E-state index contributed by atoms with van der Waals surface area (Å²) in [5.41, 5.74) is 0.355. The number of hydrogen-bond acceptors (Lipinski definition) is 10. The number of aromatic nitrogens is 2. The third-order valence-corrected chi connectivity index (χ3v) is 6.68. The normalized spacial score (nSPS) is 10.9. The van der Waals surface area contributed by atoms with Crippen molar-refractivity contribution in [3.05, 3.63) is 134 Å². The molecule has 0 atom stereocenters. The Bertz CT molecular complexity index is 2190. The van der Waals surface area contributed by atoms with E-state index in [4.69, 9.17) is 11.6 Å². The fourth-order valence-corrected chi connectivity index (χ4v) is 4.34. The van der Waals surface area contributed by atoms with E-state index in [1.807, 2.05) is 24.3 Å². The molecule has 0 unspecified atom stereocenters. The van der Waals surface area contributed by atoms with E-state index in [1.165, 1.54) is 35.0 Å². The van der Waals surface area contributed by atoms with Crippen molar-refractivity contribution < 1.29 is 39.0 Å². The number of nitro groups is 1. The summed E-state index contributed by atoms with van der Waals surface area (Å²) in [6, 6.07) is 26.7. The minimum absolute atomic E-state index is 0. The van der Waals surface area contributed by atoms with Crippen molar-refractivity contribution in [3.63, 3.8) is 0 Å². The predicted octanol–water partition coefficient (Wildman–Crippen LogP) is 6.67. The molecule has 5 aromatic carbocycles. The average Bonchev–Trinajstić information content (AvgIpc) is 3.34. The summed E-state index contributed by atoms with van der Waals surface area (Å²) in [5.74, 6) is -1.19. The van der Waals surface area contributed by atoms with Crippen molar-refractivity contribution in [2.45, 2.75) is 6.92 Å². The Kier molecular flexibility index (Phi) is 10.9. The molecule has 15 heteroatoms. The van der Waals surface area contributed by atoms with Gasteiger partial charge in [0.2, 0.25) is 0 Å². The van der Waals surface area contributed by atoms with Gasteiger partial charge in [0.05, 0.1) is 22.0 Å². The van der Waals surface area contributed by atoms with Gasteiger partial charge in [-0.25, -0.2) is 0 Å². The minimum atomic E-state index is -0.674. The van der Waals surface area contributed by atoms with Gasteiger partial charge in [0.15, 0.2) is 0 Å². The molecule has 0 aliphatic carbocycles. The van der Waals surface area contributed by atoms with Gasteiger partial charge in [-0.3, -0.25) is 14.9 Å². The van der Waals surface area contributed by atoms with Gasteiger partial charge in [0, 0.05) is 28.2 Å². The maximum atomic E-state index is 12.4. The number of halogens is 1. The van der Waals surface area contributed by atoms with E-state index < -0.39 is 16.2 Å². The van der Waals surface area contributed by atoms with Crippen molar-refractivity contribution >= 4 is 50.8 Å². The van der Waals surface area contributed by atoms with Crippen LogP contribution in [0.25, 0.3) is 16.5 Å². The fourth-order valence-electron chi connectivity index (χ4n) is 4.17. The first-order chi connectivity index (χ1) is 22.1. The van der Waals surface area contributed by atoms with Crippen LogP contribution in [0.3, 0.4) is 0 Å². The molecule has 0 bridgehead atoms. The fraction of sp³-hybridized carbons (Fsp3) is 0.0312. The Labute approximate surface area is 283 Å². The van der Waals surface area contributed by atoms with Crippen LogP contribution in [0.2, 0.25) is 5.02 Å². The minimum Gasteiger partial charge on any atom is -0.871 e. The number of fused-ring (bicyclic) bond motifs is 1. The maximum absolute atomic E-state index is 12.4. The number of aryl methyl sites for hydroxylation is 1. The van der Waals surface area contributed by atoms with E-state index in [2.05, 4.69) is 25.6 Å². The molecule has 0 spiro atoms. The van der Waals surface area contributed by atoms with E-state index in [0.717, 1.165) is 17.5 Å². The molecule has 0 saturated carbocycles. The number of non-ortho nitro benzene ring substituents is 1. The number of para-hydroxylation sites is 1. The number of benzene rings is 5. The van der Waals surface area contributed by atoms with Crippen molar-refractivity contribution in [2.24, 2.45) is 20.5 Å². The zero-order valence-corrected chi connectivity index (χ0v) is 26.2. The second-order valence-corrected chi connectivity index (χ2v) is 9.98. The molecule has 0 N–H and O–H groups in total. The number of azo groups is 2. The molecule has 6 aromatic rings. The molecule has 1 heterocycles. The summed E-state index contributed by atoms with van der Waals surface area (Å²) < 4.78 is 1.19. The van der Waals surface area contributed by atoms with Crippen molar-refractivity contribution in [2.75, 3.05) is 0 Å². The molecule has 1 radical (unpaired) electrons. The third-order valence-electron chi connectivity index (χ3n) is 6.44. The topological polar surface area (TPSA) is 198 Å². The maximum Gasteiger partial charge on any atom is 3.00 e. The van der Waals surface area contributed by atoms with E-state index in [9.17, 15) is 30.2 Å². The Morgan fingerprint density at radius 2 is 1.40 bits per heavy atom. The molecule has 0 aliphatic rings. The van der Waals surface area contributed by atoms with Gasteiger partial charge in [-0.1, -0.05) is 96.4 Å². The van der Waals surface area contributed by atoms with Crippen LogP contribution in [0.1, 0.15) is 7.12 Å². The van der Waals surface area contributed by atoms with Gasteiger partial charge < -0.3 is 25.1 Å². The first kappa shape index (κ1) is 34.1. The van der Waals surface area contributed by atoms with Crippen molar-refractivity contribution in [1.82, 2.24) is 9.78 Å². The number of hydrogen-bond donors (Lipinski definition) is 0. The van der Waals surface area contributed by atoms with Crippen LogP contribution < -0.4 is 26.0 Å². The Morgan fingerprint density at radius 1 is 0.745 bits per heavy atom. The van der Waals surface area contributed by atoms with Gasteiger partial charge in [0.25, 0.3) is 11.2 Å². The number of rotatable bonds is 6. The monoisotopic (exact) mass is 686 g/mol. The molecule has 233 valence electrons. The average molecular weight is 687 g/mol. The summed E-state index contributed by atoms with van der Waals surface area (Å²) in [6.07, 6.45) is 0. The summed E-state index contributed by atoms with van der Waals surface area (Å²) >= 11 is 5.82. The van der Waals surface area contributed by atoms with E-state index in [-0.39, 0.29) is 58.7 Å². The molecule has 1 aromatic heterocycles. The Morgan fingerprint density at radius 3 is 2.13 bits per heavy atom. The molecular weight excluding hydrogens is 666 g/mol. The summed E-state index contributed by atoms with van der Waals surface area (Å²) in [6.45, 7) is 1.60. The second kappa shape index (κ2) is 15.0. The SMILES string of the molecule is Cc1[n-]n(-c2ccccc2)c(=O)c1N=Nc1ccc([N+](=O)[O-])cc1[O-].[Cr+3].[H+].[O-]c1ccc(Cl)cc1N=Nc1c([O-])ccc2ccccc12. The second-order valence-electron chi connectivity index (χ2n) is 9.54. The first-order valence-corrected chi connectivity index (χ1v) is 13.8. The standard InChI is InChI=1S/C16H11ClN2O2.C16H13N5O4.Cr/c17-11-6-8-14(20)13(9-11)18-19-16-12-4-2-1-3-10(12)5-7-15(16)21;1-10-15(16(23)20(19-10)11-5-3-2-4-6-11)18-17-13-8-7-12(21(24)25)9-14(13)22;/h1-9,20-21H;2-9H,1H3,(H2,17,18,19,22,23);/q;;+3/p-3. The molecule has 0 aliphatic heterocycles. The first-order valence-electron chi connectivity index (χ1n) is 13.4. The zero-order chi connectivity index (χ0) is 32.8. The van der Waals surface area contributed by atoms with Crippen molar-refractivity contribution in [1.29, 1.82) is 0 Å². The van der Waals surface area contributed by atoms with E-state index in [0.29, 0.717) is 21.8 Å². The number of nitrogens with zero attached hydrogens (tertiary/aromatic N) is 7. The smallest absolute Gasteiger partial charge is 0.871 e. The molecule has 0 saturated heterocycles. The molecule has 0 amide bonds. The summed E-state index contributed by atoms with van der Waals surface area (Å²) in [7, 11) is 0. The van der Waals surface area contributed by atoms with Crippen molar-refractivity contribution in [3.8, 4) is 22.9 Å². The van der Waals surface area contributed by atoms with Crippen LogP contribution in [0.5, 0.6) is 17.2 Å². The van der Waals surface area contributed by atoms with Crippen LogP contribution >= 0.6 is 11.6 Å². The Balaban J connectivity index is 0.000000253. The van der Waals surface area contributed by atoms with Crippen LogP contribution in [0, 0.1) is 17.0 Å². The largest absolute Gasteiger partial charge is 3.00 e. The molecule has 0 fully saturated rings.